The maximum Gasteiger partial charge on any atom is 0.161 e. The molecule has 0 saturated carbocycles. The maximum absolute atomic E-state index is 14.4. The monoisotopic (exact) mass is 729 g/mol. The van der Waals surface area contributed by atoms with Crippen LogP contribution in [0.1, 0.15) is 47.2 Å². The van der Waals surface area contributed by atoms with Crippen LogP contribution in [0.4, 0.5) is 0 Å². The van der Waals surface area contributed by atoms with Crippen molar-refractivity contribution in [3.05, 3.63) is 138 Å². The van der Waals surface area contributed by atoms with E-state index < -0.39 is 7.26 Å². The Morgan fingerprint density at radius 1 is 0.642 bits per heavy atom. The molecule has 0 amide bonds. The molecule has 5 aromatic carbocycles. The topological polar surface area (TPSA) is 69.3 Å². The minimum absolute atomic E-state index is 0.0965. The second-order valence-electron chi connectivity index (χ2n) is 13.9. The Bertz CT molecular complexity index is 1910. The molecule has 0 aromatic heterocycles. The van der Waals surface area contributed by atoms with Crippen molar-refractivity contribution in [3.63, 3.8) is 0 Å². The molecule has 0 fully saturated rings. The third-order valence-corrected chi connectivity index (χ3v) is 15.5. The normalized spacial score (nSPS) is 17.0. The Hall–Kier alpha value is -4.68. The highest BCUT2D eigenvalue weighted by atomic mass is 31.2. The van der Waals surface area contributed by atoms with Crippen molar-refractivity contribution in [2.75, 3.05) is 54.2 Å². The summed E-state index contributed by atoms with van der Waals surface area (Å²) in [6.45, 7) is 2.49. The minimum Gasteiger partial charge on any atom is -0.493 e. The van der Waals surface area contributed by atoms with Crippen LogP contribution in [-0.4, -0.2) is 64.9 Å². The molecule has 2 heterocycles. The molecule has 2 atom stereocenters. The number of rotatable bonds is 14. The number of carbonyl (C=O) groups excluding carboxylic acids is 1. The number of nitrogens with zero attached hydrogens (tertiary/aromatic N) is 1. The van der Waals surface area contributed by atoms with Crippen LogP contribution in [0.25, 0.3) is 0 Å². The van der Waals surface area contributed by atoms with Crippen molar-refractivity contribution in [2.24, 2.45) is 0 Å². The number of methoxy groups -OCH3 is 4. The number of Topliss-reactive ketones (excluding diaryl/α,β-unsaturated/α-hetero) is 1. The lowest BCUT2D eigenvalue weighted by Crippen LogP contribution is -2.42. The van der Waals surface area contributed by atoms with Gasteiger partial charge in [-0.15, -0.1) is 0 Å². The molecule has 7 nitrogen and oxygen atoms in total. The number of ketones is 1. The number of hydrogen-bond donors (Lipinski definition) is 1. The Morgan fingerprint density at radius 3 is 1.62 bits per heavy atom. The highest BCUT2D eigenvalue weighted by Crippen LogP contribution is 2.55. The molecule has 53 heavy (non-hydrogen) atoms. The van der Waals surface area contributed by atoms with E-state index in [1.165, 1.54) is 27.0 Å². The van der Waals surface area contributed by atoms with Gasteiger partial charge in [-0.3, -0.25) is 9.69 Å². The van der Waals surface area contributed by atoms with Crippen molar-refractivity contribution in [1.29, 1.82) is 0 Å². The molecule has 0 saturated heterocycles. The van der Waals surface area contributed by atoms with E-state index >= 15 is 0 Å². The van der Waals surface area contributed by atoms with E-state index in [9.17, 15) is 4.79 Å². The summed E-state index contributed by atoms with van der Waals surface area (Å²) >= 11 is 0. The van der Waals surface area contributed by atoms with Gasteiger partial charge in [0.25, 0.3) is 0 Å². The number of hydrogen-bond acceptors (Lipinski definition) is 7. The van der Waals surface area contributed by atoms with E-state index in [0.29, 0.717) is 24.3 Å². The zero-order valence-electron chi connectivity index (χ0n) is 31.2. The van der Waals surface area contributed by atoms with Crippen molar-refractivity contribution in [3.8, 4) is 23.0 Å². The fraction of sp³-hybridized carbons (Fsp3) is 0.311. The van der Waals surface area contributed by atoms with E-state index in [-0.39, 0.29) is 17.9 Å². The molecule has 0 aliphatic carbocycles. The number of benzene rings is 5. The summed E-state index contributed by atoms with van der Waals surface area (Å²) in [7, 11) is 4.60. The quantitative estimate of drug-likeness (QED) is 0.126. The van der Waals surface area contributed by atoms with E-state index in [1.54, 1.807) is 28.4 Å². The molecule has 7 rings (SSSR count). The molecule has 8 heteroatoms. The van der Waals surface area contributed by atoms with Gasteiger partial charge in [0.05, 0.1) is 34.6 Å². The molecular formula is C45H50N2O5P+. The lowest BCUT2D eigenvalue weighted by Gasteiger charge is -2.39. The summed E-state index contributed by atoms with van der Waals surface area (Å²) in [4.78, 5) is 17.0. The van der Waals surface area contributed by atoms with Gasteiger partial charge in [-0.05, 0) is 102 Å². The molecule has 1 N–H and O–H groups in total. The summed E-state index contributed by atoms with van der Waals surface area (Å²) in [5.41, 5.74) is 4.67. The standard InChI is InChI=1S/C45H50N2O5P/c1-49-42-26-32-20-22-46-40(38(32)30-44(42)51-3)28-34(48)29-41-39-31-45(52-4)43(50-2)27-33(39)21-23-47(41)24-25-53(35-14-8-5-9-15-35,36-16-10-6-11-17-36)37-18-12-7-13-19-37/h5-19,26-27,30-31,40-41,46H,20-25,28-29H2,1-4H3/q+1. The summed E-state index contributed by atoms with van der Waals surface area (Å²) in [5.74, 6) is 3.03. The van der Waals surface area contributed by atoms with Gasteiger partial charge >= 0.3 is 0 Å². The van der Waals surface area contributed by atoms with Crippen LogP contribution in [0.5, 0.6) is 23.0 Å². The Morgan fingerprint density at radius 2 is 1.11 bits per heavy atom. The fourth-order valence-corrected chi connectivity index (χ4v) is 12.7. The average molecular weight is 730 g/mol. The third kappa shape index (κ3) is 7.44. The van der Waals surface area contributed by atoms with Gasteiger partial charge in [0.2, 0.25) is 0 Å². The highest BCUT2D eigenvalue weighted by Gasteiger charge is 2.46. The van der Waals surface area contributed by atoms with E-state index in [1.807, 2.05) is 6.07 Å². The van der Waals surface area contributed by atoms with Gasteiger partial charge in [-0.2, -0.15) is 0 Å². The van der Waals surface area contributed by atoms with Crippen molar-refractivity contribution >= 4 is 29.0 Å². The first-order valence-electron chi connectivity index (χ1n) is 18.5. The minimum atomic E-state index is -2.08. The SMILES string of the molecule is COc1cc2c(cc1OC)C(CC(=O)CC1c3cc(OC)c(OC)cc3CCN1CC[P+](c1ccccc1)(c1ccccc1)c1ccccc1)NCC2. The smallest absolute Gasteiger partial charge is 0.161 e. The zero-order valence-corrected chi connectivity index (χ0v) is 32.1. The summed E-state index contributed by atoms with van der Waals surface area (Å²) < 4.78 is 22.8. The van der Waals surface area contributed by atoms with Crippen LogP contribution in [-0.2, 0) is 17.6 Å². The van der Waals surface area contributed by atoms with E-state index in [2.05, 4.69) is 119 Å². The number of carbonyl (C=O) groups is 1. The molecule has 2 aliphatic heterocycles. The first-order chi connectivity index (χ1) is 26.0. The molecule has 5 aromatic rings. The molecule has 274 valence electrons. The van der Waals surface area contributed by atoms with Gasteiger partial charge in [-0.25, -0.2) is 0 Å². The van der Waals surface area contributed by atoms with E-state index in [4.69, 9.17) is 18.9 Å². The number of nitrogens with one attached hydrogen (secondary N) is 1. The van der Waals surface area contributed by atoms with Gasteiger partial charge in [0.15, 0.2) is 23.0 Å². The summed E-state index contributed by atoms with van der Waals surface area (Å²) in [6, 6.07) is 41.2. The summed E-state index contributed by atoms with van der Waals surface area (Å²) in [6.07, 6.45) is 3.48. The van der Waals surface area contributed by atoms with Gasteiger partial charge < -0.3 is 24.3 Å². The number of fused-ring (bicyclic) bond motifs is 2. The van der Waals surface area contributed by atoms with Crippen LogP contribution in [0.2, 0.25) is 0 Å². The molecule has 2 unspecified atom stereocenters. The molecule has 0 bridgehead atoms. The summed E-state index contributed by atoms with van der Waals surface area (Å²) in [5, 5.41) is 7.72. The molecular weight excluding hydrogens is 679 g/mol. The fourth-order valence-electron chi connectivity index (χ4n) is 8.42. The van der Waals surface area contributed by atoms with Crippen LogP contribution in [0.15, 0.2) is 115 Å². The zero-order chi connectivity index (χ0) is 36.8. The van der Waals surface area contributed by atoms with Crippen LogP contribution < -0.4 is 40.2 Å². The largest absolute Gasteiger partial charge is 0.493 e. The van der Waals surface area contributed by atoms with Crippen molar-refractivity contribution in [2.45, 2.75) is 37.8 Å². The van der Waals surface area contributed by atoms with E-state index in [0.717, 1.165) is 61.3 Å². The maximum atomic E-state index is 14.4. The lowest BCUT2D eigenvalue weighted by atomic mass is 9.86. The predicted molar refractivity (Wildman–Crippen MR) is 216 cm³/mol. The van der Waals surface area contributed by atoms with Crippen LogP contribution in [0, 0.1) is 0 Å². The molecule has 0 radical (unpaired) electrons. The highest BCUT2D eigenvalue weighted by molar-refractivity contribution is 7.95. The lowest BCUT2D eigenvalue weighted by molar-refractivity contribution is -0.121. The molecule has 2 aliphatic rings. The van der Waals surface area contributed by atoms with Gasteiger partial charge in [-0.1, -0.05) is 54.6 Å². The van der Waals surface area contributed by atoms with Gasteiger partial charge in [0.1, 0.15) is 29.0 Å². The number of ether oxygens (including phenoxy) is 4. The second-order valence-corrected chi connectivity index (χ2v) is 17.5. The second kappa shape index (κ2) is 16.6. The third-order valence-electron chi connectivity index (χ3n) is 11.1. The van der Waals surface area contributed by atoms with Crippen LogP contribution in [0.3, 0.4) is 0 Å². The van der Waals surface area contributed by atoms with Crippen molar-refractivity contribution in [1.82, 2.24) is 10.2 Å². The van der Waals surface area contributed by atoms with Crippen LogP contribution >= 0.6 is 7.26 Å². The first kappa shape index (κ1) is 36.7. The Balaban J connectivity index is 1.24. The first-order valence-corrected chi connectivity index (χ1v) is 20.5. The van der Waals surface area contributed by atoms with Gasteiger partial charge in [0, 0.05) is 38.0 Å². The average Bonchev–Trinajstić information content (AvgIpc) is 3.21. The van der Waals surface area contributed by atoms with Crippen molar-refractivity contribution < 1.29 is 23.7 Å². The Labute approximate surface area is 314 Å². The predicted octanol–water partition coefficient (Wildman–Crippen LogP) is 6.85. The Kier molecular flexibility index (Phi) is 11.5. The molecule has 0 spiro atoms.